The molecule has 100 valence electrons. The van der Waals surface area contributed by atoms with Gasteiger partial charge in [-0.3, -0.25) is 16.3 Å². The van der Waals surface area contributed by atoms with E-state index in [1.807, 2.05) is 31.3 Å². The van der Waals surface area contributed by atoms with Gasteiger partial charge in [0, 0.05) is 12.4 Å². The summed E-state index contributed by atoms with van der Waals surface area (Å²) in [6.45, 7) is 2.03. The minimum Gasteiger partial charge on any atom is -0.271 e. The lowest BCUT2D eigenvalue weighted by Gasteiger charge is -2.19. The van der Waals surface area contributed by atoms with E-state index in [0.29, 0.717) is 16.5 Å². The Morgan fingerprint density at radius 1 is 1.32 bits per heavy atom. The SMILES string of the molecule is Cc1ccncc1C(Cc1cccc(Cl)c1Cl)NN. The summed E-state index contributed by atoms with van der Waals surface area (Å²) < 4.78 is 0. The average molecular weight is 296 g/mol. The van der Waals surface area contributed by atoms with Crippen molar-refractivity contribution in [2.24, 2.45) is 5.84 Å². The molecule has 0 amide bonds. The Labute approximate surface area is 122 Å². The summed E-state index contributed by atoms with van der Waals surface area (Å²) >= 11 is 12.2. The van der Waals surface area contributed by atoms with Crippen LogP contribution in [-0.4, -0.2) is 4.98 Å². The number of aromatic nitrogens is 1. The summed E-state index contributed by atoms with van der Waals surface area (Å²) in [6, 6.07) is 7.51. The zero-order valence-electron chi connectivity index (χ0n) is 10.5. The molecule has 0 saturated heterocycles. The second-order valence-electron chi connectivity index (χ2n) is 4.37. The number of nitrogens with zero attached hydrogens (tertiary/aromatic N) is 1. The molecule has 2 rings (SSSR count). The van der Waals surface area contributed by atoms with E-state index < -0.39 is 0 Å². The van der Waals surface area contributed by atoms with Crippen molar-refractivity contribution >= 4 is 23.2 Å². The molecule has 1 atom stereocenters. The lowest BCUT2D eigenvalue weighted by molar-refractivity contribution is 0.547. The molecule has 3 N–H and O–H groups in total. The monoisotopic (exact) mass is 295 g/mol. The summed E-state index contributed by atoms with van der Waals surface area (Å²) in [7, 11) is 0. The van der Waals surface area contributed by atoms with Crippen LogP contribution in [-0.2, 0) is 6.42 Å². The van der Waals surface area contributed by atoms with Crippen LogP contribution in [0, 0.1) is 6.92 Å². The Balaban J connectivity index is 2.30. The number of aryl methyl sites for hydroxylation is 1. The smallest absolute Gasteiger partial charge is 0.0624 e. The zero-order valence-corrected chi connectivity index (χ0v) is 12.0. The van der Waals surface area contributed by atoms with E-state index in [1.54, 1.807) is 12.3 Å². The van der Waals surface area contributed by atoms with E-state index >= 15 is 0 Å². The van der Waals surface area contributed by atoms with Crippen molar-refractivity contribution < 1.29 is 0 Å². The maximum absolute atomic E-state index is 6.21. The molecule has 1 aromatic carbocycles. The van der Waals surface area contributed by atoms with Crippen molar-refractivity contribution in [3.63, 3.8) is 0 Å². The topological polar surface area (TPSA) is 50.9 Å². The van der Waals surface area contributed by atoms with Crippen molar-refractivity contribution in [1.29, 1.82) is 0 Å². The predicted molar refractivity (Wildman–Crippen MR) is 79.2 cm³/mol. The van der Waals surface area contributed by atoms with Crippen LogP contribution in [0.5, 0.6) is 0 Å². The first-order valence-corrected chi connectivity index (χ1v) is 6.68. The van der Waals surface area contributed by atoms with Gasteiger partial charge < -0.3 is 0 Å². The minimum absolute atomic E-state index is 0.0512. The number of benzene rings is 1. The molecule has 0 radical (unpaired) electrons. The van der Waals surface area contributed by atoms with Crippen LogP contribution in [0.1, 0.15) is 22.7 Å². The first-order chi connectivity index (χ1) is 9.13. The lowest BCUT2D eigenvalue weighted by Crippen LogP contribution is -2.30. The highest BCUT2D eigenvalue weighted by Gasteiger charge is 2.15. The minimum atomic E-state index is -0.0512. The van der Waals surface area contributed by atoms with E-state index in [0.717, 1.165) is 16.7 Å². The first-order valence-electron chi connectivity index (χ1n) is 5.93. The third kappa shape index (κ3) is 3.25. The molecule has 19 heavy (non-hydrogen) atoms. The molecule has 0 aliphatic heterocycles. The van der Waals surface area contributed by atoms with Crippen molar-refractivity contribution in [2.75, 3.05) is 0 Å². The average Bonchev–Trinajstić information content (AvgIpc) is 2.41. The first kappa shape index (κ1) is 14.3. The number of hydrazine groups is 1. The summed E-state index contributed by atoms with van der Waals surface area (Å²) in [5.74, 6) is 5.66. The molecule has 0 aliphatic carbocycles. The van der Waals surface area contributed by atoms with Gasteiger partial charge in [-0.25, -0.2) is 0 Å². The normalized spacial score (nSPS) is 12.4. The molecule has 0 aliphatic rings. The highest BCUT2D eigenvalue weighted by atomic mass is 35.5. The fourth-order valence-electron chi connectivity index (χ4n) is 2.03. The molecule has 3 nitrogen and oxygen atoms in total. The Hall–Kier alpha value is -1.13. The summed E-state index contributed by atoms with van der Waals surface area (Å²) in [4.78, 5) is 4.14. The van der Waals surface area contributed by atoms with Crippen LogP contribution in [0.25, 0.3) is 0 Å². The van der Waals surface area contributed by atoms with Crippen molar-refractivity contribution in [2.45, 2.75) is 19.4 Å². The molecule has 2 aromatic rings. The van der Waals surface area contributed by atoms with Crippen LogP contribution in [0.15, 0.2) is 36.7 Å². The van der Waals surface area contributed by atoms with Gasteiger partial charge in [0.25, 0.3) is 0 Å². The molecule has 0 saturated carbocycles. The standard InChI is InChI=1S/C14H15Cl2N3/c1-9-5-6-18-8-11(9)13(19-17)7-10-3-2-4-12(15)14(10)16/h2-6,8,13,19H,7,17H2,1H3. The largest absolute Gasteiger partial charge is 0.271 e. The van der Waals surface area contributed by atoms with Gasteiger partial charge in [0.15, 0.2) is 0 Å². The van der Waals surface area contributed by atoms with Gasteiger partial charge >= 0.3 is 0 Å². The van der Waals surface area contributed by atoms with E-state index in [9.17, 15) is 0 Å². The number of rotatable bonds is 4. The van der Waals surface area contributed by atoms with Crippen molar-refractivity contribution in [1.82, 2.24) is 10.4 Å². The van der Waals surface area contributed by atoms with E-state index in [2.05, 4.69) is 10.4 Å². The van der Waals surface area contributed by atoms with Gasteiger partial charge in [0.1, 0.15) is 0 Å². The van der Waals surface area contributed by atoms with E-state index in [1.165, 1.54) is 0 Å². The lowest BCUT2D eigenvalue weighted by atomic mass is 9.97. The van der Waals surface area contributed by atoms with Crippen LogP contribution < -0.4 is 11.3 Å². The predicted octanol–water partition coefficient (Wildman–Crippen LogP) is 3.44. The fourth-order valence-corrected chi connectivity index (χ4v) is 2.42. The fraction of sp³-hybridized carbons (Fsp3) is 0.214. The number of nitrogens with two attached hydrogens (primary N) is 1. The molecule has 5 heteroatoms. The van der Waals surface area contributed by atoms with Gasteiger partial charge in [0.2, 0.25) is 0 Å². The van der Waals surface area contributed by atoms with Crippen molar-refractivity contribution in [3.8, 4) is 0 Å². The van der Waals surface area contributed by atoms with Gasteiger partial charge in [-0.2, -0.15) is 0 Å². The maximum Gasteiger partial charge on any atom is 0.0624 e. The van der Waals surface area contributed by atoms with Crippen LogP contribution in [0.3, 0.4) is 0 Å². The van der Waals surface area contributed by atoms with Gasteiger partial charge in [0.05, 0.1) is 16.1 Å². The van der Waals surface area contributed by atoms with E-state index in [4.69, 9.17) is 29.0 Å². The van der Waals surface area contributed by atoms with Crippen LogP contribution >= 0.6 is 23.2 Å². The van der Waals surface area contributed by atoms with Crippen LogP contribution in [0.4, 0.5) is 0 Å². The summed E-state index contributed by atoms with van der Waals surface area (Å²) in [5.41, 5.74) is 5.96. The molecule has 0 bridgehead atoms. The Bertz CT molecular complexity index is 572. The molecule has 1 unspecified atom stereocenters. The van der Waals surface area contributed by atoms with Crippen LogP contribution in [0.2, 0.25) is 10.0 Å². The maximum atomic E-state index is 6.21. The molecular weight excluding hydrogens is 281 g/mol. The van der Waals surface area contributed by atoms with E-state index in [-0.39, 0.29) is 6.04 Å². The Morgan fingerprint density at radius 2 is 2.11 bits per heavy atom. The quantitative estimate of drug-likeness (QED) is 0.671. The van der Waals surface area contributed by atoms with Gasteiger partial charge in [-0.15, -0.1) is 0 Å². The Kier molecular flexibility index (Phi) is 4.77. The highest BCUT2D eigenvalue weighted by Crippen LogP contribution is 2.29. The molecule has 1 heterocycles. The second-order valence-corrected chi connectivity index (χ2v) is 5.15. The third-order valence-electron chi connectivity index (χ3n) is 3.11. The molecular formula is C14H15Cl2N3. The molecule has 1 aromatic heterocycles. The number of pyridine rings is 1. The second kappa shape index (κ2) is 6.35. The Morgan fingerprint density at radius 3 is 2.79 bits per heavy atom. The number of nitrogens with one attached hydrogen (secondary N) is 1. The van der Waals surface area contributed by atoms with Gasteiger partial charge in [-0.1, -0.05) is 35.3 Å². The number of hydrogen-bond acceptors (Lipinski definition) is 3. The molecule has 0 spiro atoms. The zero-order chi connectivity index (χ0) is 13.8. The highest BCUT2D eigenvalue weighted by molar-refractivity contribution is 6.42. The number of hydrogen-bond donors (Lipinski definition) is 2. The summed E-state index contributed by atoms with van der Waals surface area (Å²) in [5, 5.41) is 1.13. The van der Waals surface area contributed by atoms with Gasteiger partial charge in [-0.05, 0) is 42.2 Å². The number of halogens is 2. The summed E-state index contributed by atoms with van der Waals surface area (Å²) in [6.07, 6.45) is 4.24. The van der Waals surface area contributed by atoms with Crippen molar-refractivity contribution in [3.05, 3.63) is 63.4 Å². The molecule has 0 fully saturated rings. The third-order valence-corrected chi connectivity index (χ3v) is 3.97.